The number of likely N-dealkylation sites (N-methyl/N-ethyl adjacent to an activating group) is 1. The summed E-state index contributed by atoms with van der Waals surface area (Å²) in [4.78, 5) is 22.2. The van der Waals surface area contributed by atoms with E-state index in [-0.39, 0.29) is 11.9 Å². The first-order valence-corrected chi connectivity index (χ1v) is 10.0. The lowest BCUT2D eigenvalue weighted by atomic mass is 10.0. The van der Waals surface area contributed by atoms with Crippen LogP contribution in [0.15, 0.2) is 24.3 Å². The molecule has 1 unspecified atom stereocenters. The van der Waals surface area contributed by atoms with Gasteiger partial charge in [-0.1, -0.05) is 0 Å². The number of likely N-dealkylation sites (tertiary alicyclic amines) is 1. The highest BCUT2D eigenvalue weighted by Gasteiger charge is 2.34. The van der Waals surface area contributed by atoms with Crippen LogP contribution in [0.2, 0.25) is 0 Å². The SMILES string of the molecule is COc1ccc(OC)c(C2CCCN2C(=O)c2cc3c(nc2N)CCN(C)C3)c1. The molecule has 0 aliphatic carbocycles. The first-order chi connectivity index (χ1) is 14.0. The number of hydrogen-bond acceptors (Lipinski definition) is 6. The summed E-state index contributed by atoms with van der Waals surface area (Å²) >= 11 is 0. The molecular weight excluding hydrogens is 368 g/mol. The van der Waals surface area contributed by atoms with E-state index in [0.29, 0.717) is 17.9 Å². The normalized spacial score (nSPS) is 19.1. The summed E-state index contributed by atoms with van der Waals surface area (Å²) < 4.78 is 11.0. The molecular formula is C22H28N4O3. The third-order valence-corrected chi connectivity index (χ3v) is 5.93. The molecule has 0 bridgehead atoms. The molecule has 0 spiro atoms. The Kier molecular flexibility index (Phi) is 5.32. The second-order valence-electron chi connectivity index (χ2n) is 7.78. The zero-order valence-electron chi connectivity index (χ0n) is 17.3. The lowest BCUT2D eigenvalue weighted by Gasteiger charge is -2.28. The quantitative estimate of drug-likeness (QED) is 0.856. The summed E-state index contributed by atoms with van der Waals surface area (Å²) in [6.45, 7) is 2.42. The standard InChI is InChI=1S/C22H28N4O3/c1-25-10-8-18-14(13-25)11-17(21(23)24-18)22(27)26-9-4-5-19(26)16-12-15(28-2)6-7-20(16)29-3/h6-7,11-12,19H,4-5,8-10,13H2,1-3H3,(H2,23,24). The summed E-state index contributed by atoms with van der Waals surface area (Å²) in [6, 6.07) is 7.57. The molecule has 154 valence electrons. The number of methoxy groups -OCH3 is 2. The molecule has 29 heavy (non-hydrogen) atoms. The molecule has 1 saturated heterocycles. The van der Waals surface area contributed by atoms with Crippen LogP contribution in [-0.4, -0.2) is 55.0 Å². The Morgan fingerprint density at radius 2 is 2.03 bits per heavy atom. The van der Waals surface area contributed by atoms with Crippen LogP contribution >= 0.6 is 0 Å². The van der Waals surface area contributed by atoms with Gasteiger partial charge < -0.3 is 25.0 Å². The first-order valence-electron chi connectivity index (χ1n) is 10.0. The number of nitrogen functional groups attached to an aromatic ring is 1. The Bertz CT molecular complexity index is 931. The second-order valence-corrected chi connectivity index (χ2v) is 7.78. The van der Waals surface area contributed by atoms with Gasteiger partial charge in [-0.05, 0) is 49.7 Å². The van der Waals surface area contributed by atoms with E-state index < -0.39 is 0 Å². The van der Waals surface area contributed by atoms with E-state index in [1.165, 1.54) is 0 Å². The molecule has 7 nitrogen and oxygen atoms in total. The monoisotopic (exact) mass is 396 g/mol. The van der Waals surface area contributed by atoms with Gasteiger partial charge in [-0.3, -0.25) is 4.79 Å². The predicted molar refractivity (Wildman–Crippen MR) is 111 cm³/mol. The number of ether oxygens (including phenoxy) is 2. The van der Waals surface area contributed by atoms with Crippen molar-refractivity contribution in [2.45, 2.75) is 31.8 Å². The first kappa shape index (κ1) is 19.5. The number of nitrogens with two attached hydrogens (primary N) is 1. The molecule has 2 aliphatic rings. The number of benzene rings is 1. The molecule has 1 aromatic carbocycles. The maximum absolute atomic E-state index is 13.5. The maximum Gasteiger partial charge on any atom is 0.258 e. The van der Waals surface area contributed by atoms with Gasteiger partial charge in [-0.2, -0.15) is 0 Å². The fourth-order valence-corrected chi connectivity index (χ4v) is 4.39. The Morgan fingerprint density at radius 3 is 2.79 bits per heavy atom. The van der Waals surface area contributed by atoms with E-state index in [4.69, 9.17) is 15.2 Å². The minimum Gasteiger partial charge on any atom is -0.497 e. The van der Waals surface area contributed by atoms with Gasteiger partial charge in [0.2, 0.25) is 0 Å². The number of amides is 1. The van der Waals surface area contributed by atoms with Gasteiger partial charge >= 0.3 is 0 Å². The van der Waals surface area contributed by atoms with Crippen LogP contribution in [0.25, 0.3) is 0 Å². The van der Waals surface area contributed by atoms with Gasteiger partial charge in [0.1, 0.15) is 17.3 Å². The summed E-state index contributed by atoms with van der Waals surface area (Å²) in [7, 11) is 5.36. The number of anilines is 1. The molecule has 3 heterocycles. The van der Waals surface area contributed by atoms with Crippen LogP contribution in [0.1, 0.15) is 46.1 Å². The highest BCUT2D eigenvalue weighted by atomic mass is 16.5. The van der Waals surface area contributed by atoms with Crippen molar-refractivity contribution in [1.82, 2.24) is 14.8 Å². The van der Waals surface area contributed by atoms with E-state index >= 15 is 0 Å². The van der Waals surface area contributed by atoms with Crippen molar-refractivity contribution in [2.24, 2.45) is 0 Å². The van der Waals surface area contributed by atoms with Crippen LogP contribution in [0.5, 0.6) is 11.5 Å². The van der Waals surface area contributed by atoms with Crippen LogP contribution in [0.3, 0.4) is 0 Å². The number of carbonyl (C=O) groups is 1. The third kappa shape index (κ3) is 3.62. The number of aromatic nitrogens is 1. The average Bonchev–Trinajstić information content (AvgIpc) is 3.22. The van der Waals surface area contributed by atoms with Crippen molar-refractivity contribution in [2.75, 3.05) is 40.1 Å². The minimum atomic E-state index is -0.0781. The Balaban J connectivity index is 1.68. The Morgan fingerprint density at radius 1 is 1.21 bits per heavy atom. The number of fused-ring (bicyclic) bond motifs is 1. The molecule has 0 saturated carbocycles. The van der Waals surface area contributed by atoms with Crippen LogP contribution in [0, 0.1) is 0 Å². The van der Waals surface area contributed by atoms with Crippen molar-refractivity contribution in [3.8, 4) is 11.5 Å². The van der Waals surface area contributed by atoms with Gasteiger partial charge in [0.25, 0.3) is 5.91 Å². The van der Waals surface area contributed by atoms with E-state index in [9.17, 15) is 4.79 Å². The van der Waals surface area contributed by atoms with E-state index in [0.717, 1.165) is 60.7 Å². The van der Waals surface area contributed by atoms with Crippen molar-refractivity contribution in [1.29, 1.82) is 0 Å². The van der Waals surface area contributed by atoms with Crippen molar-refractivity contribution >= 4 is 11.7 Å². The number of hydrogen-bond donors (Lipinski definition) is 1. The van der Waals surface area contributed by atoms with E-state index in [2.05, 4.69) is 16.9 Å². The maximum atomic E-state index is 13.5. The molecule has 1 fully saturated rings. The zero-order chi connectivity index (χ0) is 20.5. The fraction of sp³-hybridized carbons (Fsp3) is 0.455. The largest absolute Gasteiger partial charge is 0.497 e. The van der Waals surface area contributed by atoms with Crippen LogP contribution in [0.4, 0.5) is 5.82 Å². The van der Waals surface area contributed by atoms with E-state index in [1.54, 1.807) is 14.2 Å². The smallest absolute Gasteiger partial charge is 0.258 e. The number of nitrogens with zero attached hydrogens (tertiary/aromatic N) is 3. The minimum absolute atomic E-state index is 0.0709. The van der Waals surface area contributed by atoms with Gasteiger partial charge in [0, 0.05) is 37.3 Å². The molecule has 4 rings (SSSR count). The fourth-order valence-electron chi connectivity index (χ4n) is 4.39. The van der Waals surface area contributed by atoms with Gasteiger partial charge in [0.15, 0.2) is 0 Å². The summed E-state index contributed by atoms with van der Waals surface area (Å²) in [6.07, 6.45) is 2.66. The van der Waals surface area contributed by atoms with Crippen molar-refractivity contribution in [3.63, 3.8) is 0 Å². The molecule has 2 aliphatic heterocycles. The van der Waals surface area contributed by atoms with Gasteiger partial charge in [0.05, 0.1) is 25.8 Å². The summed E-state index contributed by atoms with van der Waals surface area (Å²) in [5, 5.41) is 0. The highest BCUT2D eigenvalue weighted by molar-refractivity contribution is 5.99. The van der Waals surface area contributed by atoms with Crippen molar-refractivity contribution in [3.05, 3.63) is 46.6 Å². The number of carbonyl (C=O) groups excluding carboxylic acids is 1. The second kappa shape index (κ2) is 7.91. The molecule has 0 radical (unpaired) electrons. The Hall–Kier alpha value is -2.80. The predicted octanol–water partition coefficient (Wildman–Crippen LogP) is 2.65. The number of pyridine rings is 1. The van der Waals surface area contributed by atoms with E-state index in [1.807, 2.05) is 29.2 Å². The van der Waals surface area contributed by atoms with Gasteiger partial charge in [-0.15, -0.1) is 0 Å². The number of rotatable bonds is 4. The lowest BCUT2D eigenvalue weighted by Crippen LogP contribution is -2.33. The summed E-state index contributed by atoms with van der Waals surface area (Å²) in [5.74, 6) is 1.76. The average molecular weight is 396 g/mol. The Labute approximate surface area is 171 Å². The molecule has 2 N–H and O–H groups in total. The molecule has 1 aromatic heterocycles. The van der Waals surface area contributed by atoms with Gasteiger partial charge in [-0.25, -0.2) is 4.98 Å². The molecule has 2 aromatic rings. The highest BCUT2D eigenvalue weighted by Crippen LogP contribution is 2.40. The summed E-state index contributed by atoms with van der Waals surface area (Å²) in [5.41, 5.74) is 9.76. The molecule has 7 heteroatoms. The topological polar surface area (TPSA) is 80.9 Å². The van der Waals surface area contributed by atoms with Crippen LogP contribution < -0.4 is 15.2 Å². The van der Waals surface area contributed by atoms with Crippen molar-refractivity contribution < 1.29 is 14.3 Å². The zero-order valence-corrected chi connectivity index (χ0v) is 17.3. The third-order valence-electron chi connectivity index (χ3n) is 5.93. The molecule has 1 atom stereocenters. The molecule has 1 amide bonds. The lowest BCUT2D eigenvalue weighted by molar-refractivity contribution is 0.0734. The van der Waals surface area contributed by atoms with Crippen LogP contribution in [-0.2, 0) is 13.0 Å².